The zero-order chi connectivity index (χ0) is 15.2. The highest BCUT2D eigenvalue weighted by Crippen LogP contribution is 2.13. The van der Waals surface area contributed by atoms with E-state index in [1.165, 1.54) is 5.56 Å². The molecule has 2 aromatic carbocycles. The first-order valence-corrected chi connectivity index (χ1v) is 7.70. The molecular weight excluding hydrogens is 328 g/mol. The lowest BCUT2D eigenvalue weighted by atomic mass is 10.1. The first-order valence-electron chi connectivity index (χ1n) is 6.90. The maximum absolute atomic E-state index is 11.8. The summed E-state index contributed by atoms with van der Waals surface area (Å²) in [7, 11) is 0. The molecule has 0 radical (unpaired) electrons. The van der Waals surface area contributed by atoms with Crippen molar-refractivity contribution in [3.63, 3.8) is 0 Å². The van der Waals surface area contributed by atoms with Gasteiger partial charge in [0.25, 0.3) is 0 Å². The number of carbonyl (C=O) groups excluding carboxylic acids is 1. The van der Waals surface area contributed by atoms with E-state index in [1.54, 1.807) is 0 Å². The lowest BCUT2D eigenvalue weighted by Gasteiger charge is -2.09. The highest BCUT2D eigenvalue weighted by atomic mass is 79.9. The summed E-state index contributed by atoms with van der Waals surface area (Å²) in [6, 6.07) is 13.9. The summed E-state index contributed by atoms with van der Waals surface area (Å²) in [5.41, 5.74) is 4.30. The average molecular weight is 347 g/mol. The maximum atomic E-state index is 11.8. The molecular formula is C17H19BrN2O. The zero-order valence-electron chi connectivity index (χ0n) is 12.2. The Morgan fingerprint density at radius 1 is 1.05 bits per heavy atom. The molecule has 2 rings (SSSR count). The maximum Gasteiger partial charge on any atom is 0.319 e. The lowest BCUT2D eigenvalue weighted by molar-refractivity contribution is 0.252. The van der Waals surface area contributed by atoms with Crippen LogP contribution in [0.4, 0.5) is 10.5 Å². The third kappa shape index (κ3) is 5.23. The topological polar surface area (TPSA) is 41.1 Å². The first kappa shape index (κ1) is 15.6. The molecule has 0 saturated heterocycles. The minimum atomic E-state index is -0.169. The standard InChI is InChI=1S/C17H19BrN2O/c1-12-9-13(2)11-16(10-12)20-17(21)19-8-7-14-3-5-15(18)6-4-14/h3-6,9-11H,7-8H2,1-2H3,(H2,19,20,21). The minimum Gasteiger partial charge on any atom is -0.338 e. The normalized spacial score (nSPS) is 10.2. The molecule has 3 nitrogen and oxygen atoms in total. The predicted molar refractivity (Wildman–Crippen MR) is 90.8 cm³/mol. The average Bonchev–Trinajstić information content (AvgIpc) is 2.39. The van der Waals surface area contributed by atoms with Gasteiger partial charge in [0.05, 0.1) is 0 Å². The van der Waals surface area contributed by atoms with Crippen molar-refractivity contribution in [1.29, 1.82) is 0 Å². The van der Waals surface area contributed by atoms with Crippen LogP contribution in [0.15, 0.2) is 46.9 Å². The van der Waals surface area contributed by atoms with E-state index in [1.807, 2.05) is 50.2 Å². The molecule has 2 N–H and O–H groups in total. The Kier molecular flexibility index (Phi) is 5.39. The van der Waals surface area contributed by atoms with Gasteiger partial charge in [0.2, 0.25) is 0 Å². The molecule has 0 saturated carbocycles. The van der Waals surface area contributed by atoms with Crippen LogP contribution in [0.3, 0.4) is 0 Å². The van der Waals surface area contributed by atoms with Gasteiger partial charge < -0.3 is 10.6 Å². The van der Waals surface area contributed by atoms with Gasteiger partial charge in [-0.15, -0.1) is 0 Å². The van der Waals surface area contributed by atoms with Crippen molar-refractivity contribution in [3.8, 4) is 0 Å². The third-order valence-corrected chi connectivity index (χ3v) is 3.62. The van der Waals surface area contributed by atoms with Crippen molar-refractivity contribution in [2.24, 2.45) is 0 Å². The van der Waals surface area contributed by atoms with Crippen LogP contribution < -0.4 is 10.6 Å². The lowest BCUT2D eigenvalue weighted by Crippen LogP contribution is -2.30. The van der Waals surface area contributed by atoms with E-state index in [2.05, 4.69) is 32.6 Å². The summed E-state index contributed by atoms with van der Waals surface area (Å²) in [6.45, 7) is 4.64. The van der Waals surface area contributed by atoms with E-state index in [4.69, 9.17) is 0 Å². The third-order valence-electron chi connectivity index (χ3n) is 3.09. The minimum absolute atomic E-state index is 0.169. The van der Waals surface area contributed by atoms with Crippen LogP contribution in [-0.4, -0.2) is 12.6 Å². The van der Waals surface area contributed by atoms with Crippen molar-refractivity contribution >= 4 is 27.6 Å². The van der Waals surface area contributed by atoms with Crippen molar-refractivity contribution < 1.29 is 4.79 Å². The molecule has 0 aliphatic rings. The fourth-order valence-corrected chi connectivity index (χ4v) is 2.46. The largest absolute Gasteiger partial charge is 0.338 e. The molecule has 2 aromatic rings. The van der Waals surface area contributed by atoms with E-state index in [-0.39, 0.29) is 6.03 Å². The monoisotopic (exact) mass is 346 g/mol. The van der Waals surface area contributed by atoms with Crippen LogP contribution in [0.5, 0.6) is 0 Å². The van der Waals surface area contributed by atoms with E-state index in [0.717, 1.165) is 27.7 Å². The molecule has 21 heavy (non-hydrogen) atoms. The smallest absolute Gasteiger partial charge is 0.319 e. The Morgan fingerprint density at radius 2 is 1.67 bits per heavy atom. The van der Waals surface area contributed by atoms with Crippen molar-refractivity contribution in [1.82, 2.24) is 5.32 Å². The summed E-state index contributed by atoms with van der Waals surface area (Å²) < 4.78 is 1.06. The summed E-state index contributed by atoms with van der Waals surface area (Å²) in [6.07, 6.45) is 0.813. The number of urea groups is 1. The Hall–Kier alpha value is -1.81. The van der Waals surface area contributed by atoms with Gasteiger partial charge in [-0.25, -0.2) is 4.79 Å². The highest BCUT2D eigenvalue weighted by Gasteiger charge is 2.02. The van der Waals surface area contributed by atoms with Crippen LogP contribution in [0.25, 0.3) is 0 Å². The number of aryl methyl sites for hydroxylation is 2. The molecule has 4 heteroatoms. The second-order valence-electron chi connectivity index (χ2n) is 5.13. The highest BCUT2D eigenvalue weighted by molar-refractivity contribution is 9.10. The van der Waals surface area contributed by atoms with E-state index in [9.17, 15) is 4.79 Å². The number of hydrogen-bond acceptors (Lipinski definition) is 1. The van der Waals surface area contributed by atoms with Crippen molar-refractivity contribution in [2.75, 3.05) is 11.9 Å². The summed E-state index contributed by atoms with van der Waals surface area (Å²) in [4.78, 5) is 11.8. The van der Waals surface area contributed by atoms with Crippen LogP contribution in [0.2, 0.25) is 0 Å². The van der Waals surface area contributed by atoms with Crippen molar-refractivity contribution in [3.05, 3.63) is 63.6 Å². The van der Waals surface area contributed by atoms with Crippen LogP contribution in [0, 0.1) is 13.8 Å². The number of amides is 2. The second-order valence-corrected chi connectivity index (χ2v) is 6.05. The van der Waals surface area contributed by atoms with Gasteiger partial charge in [-0.3, -0.25) is 0 Å². The molecule has 0 bridgehead atoms. The summed E-state index contributed by atoms with van der Waals surface area (Å²) in [5.74, 6) is 0. The SMILES string of the molecule is Cc1cc(C)cc(NC(=O)NCCc2ccc(Br)cc2)c1. The predicted octanol–water partition coefficient (Wildman–Crippen LogP) is 4.43. The summed E-state index contributed by atoms with van der Waals surface area (Å²) >= 11 is 3.41. The number of anilines is 1. The number of carbonyl (C=O) groups is 1. The van der Waals surface area contributed by atoms with Gasteiger partial charge in [0.15, 0.2) is 0 Å². The Bertz CT molecular complexity index is 603. The molecule has 110 valence electrons. The molecule has 0 unspecified atom stereocenters. The van der Waals surface area contributed by atoms with E-state index >= 15 is 0 Å². The van der Waals surface area contributed by atoms with Gasteiger partial charge in [0, 0.05) is 16.7 Å². The van der Waals surface area contributed by atoms with Gasteiger partial charge in [-0.1, -0.05) is 34.1 Å². The van der Waals surface area contributed by atoms with Gasteiger partial charge in [0.1, 0.15) is 0 Å². The van der Waals surface area contributed by atoms with Crippen LogP contribution in [0.1, 0.15) is 16.7 Å². The molecule has 0 fully saturated rings. The van der Waals surface area contributed by atoms with Crippen molar-refractivity contribution in [2.45, 2.75) is 20.3 Å². The molecule has 0 aromatic heterocycles. The van der Waals surface area contributed by atoms with Crippen LogP contribution >= 0.6 is 15.9 Å². The molecule has 0 aliphatic carbocycles. The molecule has 0 atom stereocenters. The zero-order valence-corrected chi connectivity index (χ0v) is 13.8. The molecule has 2 amide bonds. The Balaban J connectivity index is 1.80. The fraction of sp³-hybridized carbons (Fsp3) is 0.235. The van der Waals surface area contributed by atoms with E-state index < -0.39 is 0 Å². The van der Waals surface area contributed by atoms with Gasteiger partial charge >= 0.3 is 6.03 Å². The number of rotatable bonds is 4. The Morgan fingerprint density at radius 3 is 2.29 bits per heavy atom. The number of halogens is 1. The summed E-state index contributed by atoms with van der Waals surface area (Å²) in [5, 5.41) is 5.73. The molecule has 0 aliphatic heterocycles. The quantitative estimate of drug-likeness (QED) is 0.844. The van der Waals surface area contributed by atoms with Crippen LogP contribution in [-0.2, 0) is 6.42 Å². The first-order chi connectivity index (χ1) is 10.0. The molecule has 0 spiro atoms. The van der Waals surface area contributed by atoms with Gasteiger partial charge in [-0.2, -0.15) is 0 Å². The van der Waals surface area contributed by atoms with E-state index in [0.29, 0.717) is 6.54 Å². The number of nitrogens with one attached hydrogen (secondary N) is 2. The number of benzene rings is 2. The second kappa shape index (κ2) is 7.27. The molecule has 0 heterocycles. The van der Waals surface area contributed by atoms with Gasteiger partial charge in [-0.05, 0) is 61.2 Å². The number of hydrogen-bond donors (Lipinski definition) is 2. The Labute approximate surface area is 133 Å². The fourth-order valence-electron chi connectivity index (χ4n) is 2.19.